The number of carboxylic acids is 1. The van der Waals surface area contributed by atoms with Gasteiger partial charge in [0.2, 0.25) is 6.79 Å². The minimum Gasteiger partial charge on any atom is -0.480 e. The fourth-order valence-corrected chi connectivity index (χ4v) is 1.57. The average Bonchev–Trinajstić information content (AvgIpc) is 2.66. The van der Waals surface area contributed by atoms with Crippen LogP contribution in [0.2, 0.25) is 5.02 Å². The largest absolute Gasteiger partial charge is 0.480 e. The second-order valence-electron chi connectivity index (χ2n) is 3.02. The van der Waals surface area contributed by atoms with Gasteiger partial charge in [-0.3, -0.25) is 4.79 Å². The molecule has 1 aliphatic heterocycles. The molecular weight excluding hydrogens is 222 g/mol. The number of carboxylic acid groups (broad SMARTS) is 1. The molecule has 0 saturated carbocycles. The highest BCUT2D eigenvalue weighted by molar-refractivity contribution is 6.32. The summed E-state index contributed by atoms with van der Waals surface area (Å²) >= 11 is 5.83. The van der Waals surface area contributed by atoms with Gasteiger partial charge >= 0.3 is 5.97 Å². The zero-order chi connectivity index (χ0) is 11.0. The van der Waals surface area contributed by atoms with E-state index >= 15 is 0 Å². The van der Waals surface area contributed by atoms with Crippen molar-refractivity contribution in [1.29, 1.82) is 0 Å². The molecule has 0 spiro atoms. The fourth-order valence-electron chi connectivity index (χ4n) is 1.36. The lowest BCUT2D eigenvalue weighted by atomic mass is 10.1. The predicted octanol–water partition coefficient (Wildman–Crippen LogP) is 1.15. The highest BCUT2D eigenvalue weighted by Crippen LogP contribution is 2.43. The topological polar surface area (TPSA) is 81.8 Å². The van der Waals surface area contributed by atoms with Crippen molar-refractivity contribution in [3.05, 3.63) is 22.7 Å². The molecule has 1 aliphatic rings. The van der Waals surface area contributed by atoms with Crippen LogP contribution in [-0.2, 0) is 4.79 Å². The Balaban J connectivity index is 2.50. The van der Waals surface area contributed by atoms with Gasteiger partial charge in [0.15, 0.2) is 11.5 Å². The molecule has 15 heavy (non-hydrogen) atoms. The lowest BCUT2D eigenvalue weighted by Crippen LogP contribution is -2.21. The van der Waals surface area contributed by atoms with Crippen molar-refractivity contribution in [3.63, 3.8) is 0 Å². The van der Waals surface area contributed by atoms with Crippen LogP contribution in [0.1, 0.15) is 11.6 Å². The number of hydrogen-bond donors (Lipinski definition) is 2. The van der Waals surface area contributed by atoms with E-state index in [0.29, 0.717) is 22.1 Å². The SMILES string of the molecule is NC(C(=O)O)c1ccc(Cl)c2c1OCO2. The maximum Gasteiger partial charge on any atom is 0.325 e. The monoisotopic (exact) mass is 229 g/mol. The molecular formula is C9H8ClNO4. The Morgan fingerprint density at radius 2 is 2.13 bits per heavy atom. The molecule has 0 fully saturated rings. The average molecular weight is 230 g/mol. The summed E-state index contributed by atoms with van der Waals surface area (Å²) in [6.07, 6.45) is 0. The van der Waals surface area contributed by atoms with Crippen molar-refractivity contribution >= 4 is 17.6 Å². The Morgan fingerprint density at radius 1 is 1.47 bits per heavy atom. The quantitative estimate of drug-likeness (QED) is 0.795. The number of fused-ring (bicyclic) bond motifs is 1. The molecule has 0 saturated heterocycles. The van der Waals surface area contributed by atoms with E-state index in [9.17, 15) is 4.79 Å². The number of hydrogen-bond acceptors (Lipinski definition) is 4. The Bertz CT molecular complexity index is 421. The number of halogens is 1. The number of benzene rings is 1. The van der Waals surface area contributed by atoms with Crippen molar-refractivity contribution < 1.29 is 19.4 Å². The van der Waals surface area contributed by atoms with Gasteiger partial charge in [-0.15, -0.1) is 0 Å². The highest BCUT2D eigenvalue weighted by atomic mass is 35.5. The summed E-state index contributed by atoms with van der Waals surface area (Å²) in [5, 5.41) is 9.16. The summed E-state index contributed by atoms with van der Waals surface area (Å²) in [7, 11) is 0. The Morgan fingerprint density at radius 3 is 2.80 bits per heavy atom. The van der Waals surface area contributed by atoms with Crippen molar-refractivity contribution in [2.75, 3.05) is 6.79 Å². The van der Waals surface area contributed by atoms with Crippen LogP contribution in [0.5, 0.6) is 11.5 Å². The highest BCUT2D eigenvalue weighted by Gasteiger charge is 2.27. The fraction of sp³-hybridized carbons (Fsp3) is 0.222. The lowest BCUT2D eigenvalue weighted by molar-refractivity contribution is -0.138. The molecule has 1 aromatic rings. The van der Waals surface area contributed by atoms with Gasteiger partial charge in [0.05, 0.1) is 5.02 Å². The van der Waals surface area contributed by atoms with E-state index in [0.717, 1.165) is 0 Å². The Labute approximate surface area is 90.3 Å². The van der Waals surface area contributed by atoms with Crippen molar-refractivity contribution in [1.82, 2.24) is 0 Å². The van der Waals surface area contributed by atoms with E-state index in [4.69, 9.17) is 31.9 Å². The maximum absolute atomic E-state index is 10.7. The number of ether oxygens (including phenoxy) is 2. The van der Waals surface area contributed by atoms with Crippen LogP contribution in [0.3, 0.4) is 0 Å². The number of rotatable bonds is 2. The maximum atomic E-state index is 10.7. The van der Waals surface area contributed by atoms with E-state index in [1.807, 2.05) is 0 Å². The van der Waals surface area contributed by atoms with Gasteiger partial charge in [0, 0.05) is 5.56 Å². The van der Waals surface area contributed by atoms with Crippen LogP contribution >= 0.6 is 11.6 Å². The first-order chi connectivity index (χ1) is 7.11. The van der Waals surface area contributed by atoms with Gasteiger partial charge in [-0.25, -0.2) is 0 Å². The molecule has 0 aliphatic carbocycles. The molecule has 1 unspecified atom stereocenters. The van der Waals surface area contributed by atoms with Crippen LogP contribution in [0, 0.1) is 0 Å². The molecule has 1 heterocycles. The van der Waals surface area contributed by atoms with E-state index in [1.54, 1.807) is 0 Å². The Hall–Kier alpha value is -1.46. The summed E-state index contributed by atoms with van der Waals surface area (Å²) < 4.78 is 10.2. The normalized spacial score (nSPS) is 15.1. The van der Waals surface area contributed by atoms with Crippen molar-refractivity contribution in [3.8, 4) is 11.5 Å². The molecule has 3 N–H and O–H groups in total. The zero-order valence-electron chi connectivity index (χ0n) is 7.57. The summed E-state index contributed by atoms with van der Waals surface area (Å²) in [5.74, 6) is -0.460. The van der Waals surface area contributed by atoms with E-state index in [2.05, 4.69) is 0 Å². The number of nitrogens with two attached hydrogens (primary N) is 1. The third kappa shape index (κ3) is 1.60. The first kappa shape index (κ1) is 10.1. The van der Waals surface area contributed by atoms with Crippen molar-refractivity contribution in [2.45, 2.75) is 6.04 Å². The molecule has 1 aromatic carbocycles. The predicted molar refractivity (Wildman–Crippen MR) is 52.1 cm³/mol. The van der Waals surface area contributed by atoms with Crippen LogP contribution in [0.15, 0.2) is 12.1 Å². The molecule has 1 atom stereocenters. The van der Waals surface area contributed by atoms with Crippen LogP contribution in [0.4, 0.5) is 0 Å². The summed E-state index contributed by atoms with van der Waals surface area (Å²) in [6.45, 7) is 0.0262. The number of aliphatic carboxylic acids is 1. The summed E-state index contributed by atoms with van der Waals surface area (Å²) in [5.41, 5.74) is 5.84. The van der Waals surface area contributed by atoms with E-state index < -0.39 is 12.0 Å². The lowest BCUT2D eigenvalue weighted by Gasteiger charge is -2.10. The number of carbonyl (C=O) groups is 1. The first-order valence-corrected chi connectivity index (χ1v) is 4.55. The van der Waals surface area contributed by atoms with E-state index in [1.165, 1.54) is 12.1 Å². The molecule has 0 radical (unpaired) electrons. The standard InChI is InChI=1S/C9H8ClNO4/c10-5-2-1-4(6(11)9(12)13)7-8(5)15-3-14-7/h1-2,6H,3,11H2,(H,12,13). The minimum absolute atomic E-state index is 0.0262. The molecule has 80 valence electrons. The zero-order valence-corrected chi connectivity index (χ0v) is 8.32. The van der Waals surface area contributed by atoms with Gasteiger partial charge in [0.1, 0.15) is 6.04 Å². The Kier molecular flexibility index (Phi) is 2.42. The summed E-state index contributed by atoms with van der Waals surface area (Å²) in [6, 6.07) is 1.92. The first-order valence-electron chi connectivity index (χ1n) is 4.17. The summed E-state index contributed by atoms with van der Waals surface area (Å²) in [4.78, 5) is 10.7. The molecule has 5 nitrogen and oxygen atoms in total. The third-order valence-electron chi connectivity index (χ3n) is 2.10. The van der Waals surface area contributed by atoms with Gasteiger partial charge in [0.25, 0.3) is 0 Å². The second kappa shape index (κ2) is 3.60. The van der Waals surface area contributed by atoms with Crippen molar-refractivity contribution in [2.24, 2.45) is 5.73 Å². The second-order valence-corrected chi connectivity index (χ2v) is 3.42. The van der Waals surface area contributed by atoms with Gasteiger partial charge in [-0.1, -0.05) is 17.7 Å². The third-order valence-corrected chi connectivity index (χ3v) is 2.40. The molecule has 6 heteroatoms. The minimum atomic E-state index is -1.14. The van der Waals surface area contributed by atoms with Crippen LogP contribution < -0.4 is 15.2 Å². The molecule has 2 rings (SSSR count). The molecule has 0 aromatic heterocycles. The smallest absolute Gasteiger partial charge is 0.325 e. The molecule has 0 bridgehead atoms. The van der Waals surface area contributed by atoms with Crippen LogP contribution in [0.25, 0.3) is 0 Å². The van der Waals surface area contributed by atoms with Gasteiger partial charge < -0.3 is 20.3 Å². The van der Waals surface area contributed by atoms with Gasteiger partial charge in [-0.05, 0) is 6.07 Å². The molecule has 0 amide bonds. The van der Waals surface area contributed by atoms with Gasteiger partial charge in [-0.2, -0.15) is 0 Å². The van der Waals surface area contributed by atoms with Crippen LogP contribution in [-0.4, -0.2) is 17.9 Å². The van der Waals surface area contributed by atoms with E-state index in [-0.39, 0.29) is 6.79 Å².